The summed E-state index contributed by atoms with van der Waals surface area (Å²) >= 11 is 5.99. The Hall–Kier alpha value is -1.22. The van der Waals surface area contributed by atoms with Gasteiger partial charge in [-0.2, -0.15) is 0 Å². The van der Waals surface area contributed by atoms with E-state index in [9.17, 15) is 4.79 Å². The first kappa shape index (κ1) is 11.9. The van der Waals surface area contributed by atoms with E-state index in [4.69, 9.17) is 16.7 Å². The van der Waals surface area contributed by atoms with E-state index < -0.39 is 12.0 Å². The van der Waals surface area contributed by atoms with Crippen molar-refractivity contribution in [2.75, 3.05) is 11.9 Å². The monoisotopic (exact) mass is 227 g/mol. The molecule has 0 saturated heterocycles. The zero-order valence-electron chi connectivity index (χ0n) is 8.77. The van der Waals surface area contributed by atoms with Crippen LogP contribution < -0.4 is 4.90 Å². The van der Waals surface area contributed by atoms with Gasteiger partial charge in [-0.05, 0) is 18.6 Å². The van der Waals surface area contributed by atoms with Crippen LogP contribution in [-0.2, 0) is 4.79 Å². The number of benzene rings is 1. The largest absolute Gasteiger partial charge is 0.480 e. The van der Waals surface area contributed by atoms with E-state index in [0.29, 0.717) is 11.4 Å². The lowest BCUT2D eigenvalue weighted by Crippen LogP contribution is -2.38. The van der Waals surface area contributed by atoms with Crippen molar-refractivity contribution in [1.29, 1.82) is 0 Å². The molecule has 0 aliphatic rings. The summed E-state index contributed by atoms with van der Waals surface area (Å²) in [6.45, 7) is 1.84. The number of carbonyl (C=O) groups is 1. The summed E-state index contributed by atoms with van der Waals surface area (Å²) < 4.78 is 0. The van der Waals surface area contributed by atoms with Crippen molar-refractivity contribution in [3.63, 3.8) is 0 Å². The minimum Gasteiger partial charge on any atom is -0.480 e. The van der Waals surface area contributed by atoms with Crippen LogP contribution >= 0.6 is 11.6 Å². The highest BCUT2D eigenvalue weighted by Crippen LogP contribution is 2.26. The Morgan fingerprint density at radius 2 is 2.13 bits per heavy atom. The first-order valence-corrected chi connectivity index (χ1v) is 5.16. The fraction of sp³-hybridized carbons (Fsp3) is 0.364. The number of hydrogen-bond acceptors (Lipinski definition) is 2. The van der Waals surface area contributed by atoms with E-state index >= 15 is 0 Å². The fourth-order valence-electron chi connectivity index (χ4n) is 1.52. The van der Waals surface area contributed by atoms with Gasteiger partial charge < -0.3 is 10.0 Å². The highest BCUT2D eigenvalue weighted by atomic mass is 35.5. The number of anilines is 1. The van der Waals surface area contributed by atoms with Gasteiger partial charge in [0, 0.05) is 7.05 Å². The first-order valence-electron chi connectivity index (χ1n) is 4.78. The van der Waals surface area contributed by atoms with Gasteiger partial charge in [-0.3, -0.25) is 0 Å². The Balaban J connectivity index is 2.97. The van der Waals surface area contributed by atoms with Crippen LogP contribution in [0.3, 0.4) is 0 Å². The van der Waals surface area contributed by atoms with Gasteiger partial charge in [0.05, 0.1) is 10.7 Å². The van der Waals surface area contributed by atoms with Crippen molar-refractivity contribution in [3.05, 3.63) is 29.3 Å². The molecule has 1 rings (SSSR count). The average molecular weight is 228 g/mol. The molecule has 0 radical (unpaired) electrons. The summed E-state index contributed by atoms with van der Waals surface area (Å²) in [5.41, 5.74) is 0.744. The Morgan fingerprint density at radius 3 is 2.60 bits per heavy atom. The molecule has 0 fully saturated rings. The number of halogens is 1. The maximum Gasteiger partial charge on any atom is 0.326 e. The van der Waals surface area contributed by atoms with Gasteiger partial charge in [0.1, 0.15) is 6.04 Å². The van der Waals surface area contributed by atoms with Crippen LogP contribution in [0.2, 0.25) is 5.02 Å². The van der Waals surface area contributed by atoms with Gasteiger partial charge in [0.2, 0.25) is 0 Å². The number of hydrogen-bond donors (Lipinski definition) is 1. The predicted octanol–water partition coefficient (Wildman–Crippen LogP) is 2.64. The SMILES string of the molecule is CCC(C(=O)O)N(C)c1ccccc1Cl. The quantitative estimate of drug-likeness (QED) is 0.860. The Labute approximate surface area is 94.3 Å². The maximum atomic E-state index is 11.0. The minimum absolute atomic E-state index is 0.537. The van der Waals surface area contributed by atoms with Gasteiger partial charge in [-0.25, -0.2) is 4.79 Å². The van der Waals surface area contributed by atoms with E-state index in [2.05, 4.69) is 0 Å². The number of nitrogens with zero attached hydrogens (tertiary/aromatic N) is 1. The molecule has 82 valence electrons. The summed E-state index contributed by atoms with van der Waals surface area (Å²) in [5.74, 6) is -0.833. The number of likely N-dealkylation sites (N-methyl/N-ethyl adjacent to an activating group) is 1. The average Bonchev–Trinajstić information content (AvgIpc) is 2.18. The molecule has 0 aromatic heterocycles. The van der Waals surface area contributed by atoms with Gasteiger partial charge in [0.15, 0.2) is 0 Å². The van der Waals surface area contributed by atoms with E-state index in [-0.39, 0.29) is 0 Å². The fourth-order valence-corrected chi connectivity index (χ4v) is 1.79. The van der Waals surface area contributed by atoms with E-state index in [1.165, 1.54) is 0 Å². The number of para-hydroxylation sites is 1. The third-order valence-electron chi connectivity index (χ3n) is 2.37. The Morgan fingerprint density at radius 1 is 1.53 bits per heavy atom. The minimum atomic E-state index is -0.833. The van der Waals surface area contributed by atoms with E-state index in [1.807, 2.05) is 25.1 Å². The highest BCUT2D eigenvalue weighted by Gasteiger charge is 2.21. The molecule has 1 aromatic carbocycles. The summed E-state index contributed by atoms with van der Waals surface area (Å²) in [5, 5.41) is 9.58. The van der Waals surface area contributed by atoms with Crippen LogP contribution in [0.4, 0.5) is 5.69 Å². The van der Waals surface area contributed by atoms with Crippen molar-refractivity contribution >= 4 is 23.3 Å². The highest BCUT2D eigenvalue weighted by molar-refractivity contribution is 6.33. The maximum absolute atomic E-state index is 11.0. The van der Waals surface area contributed by atoms with E-state index in [1.54, 1.807) is 18.0 Å². The van der Waals surface area contributed by atoms with Crippen LogP contribution in [0.5, 0.6) is 0 Å². The molecule has 3 nitrogen and oxygen atoms in total. The second kappa shape index (κ2) is 5.03. The van der Waals surface area contributed by atoms with Gasteiger partial charge in [-0.15, -0.1) is 0 Å². The number of aliphatic carboxylic acids is 1. The van der Waals surface area contributed by atoms with Gasteiger partial charge in [-0.1, -0.05) is 30.7 Å². The summed E-state index contributed by atoms with van der Waals surface area (Å²) in [4.78, 5) is 12.7. The van der Waals surface area contributed by atoms with Crippen LogP contribution in [0.1, 0.15) is 13.3 Å². The van der Waals surface area contributed by atoms with E-state index in [0.717, 1.165) is 5.69 Å². The summed E-state index contributed by atoms with van der Waals surface area (Å²) in [6.07, 6.45) is 0.539. The summed E-state index contributed by atoms with van der Waals surface area (Å²) in [7, 11) is 1.74. The molecule has 1 aromatic rings. The molecule has 0 heterocycles. The normalized spacial score (nSPS) is 12.2. The first-order chi connectivity index (χ1) is 7.07. The molecule has 1 unspecified atom stereocenters. The van der Waals surface area contributed by atoms with Crippen LogP contribution in [0.15, 0.2) is 24.3 Å². The van der Waals surface area contributed by atoms with Crippen LogP contribution in [0, 0.1) is 0 Å². The molecular formula is C11H14ClNO2. The Kier molecular flexibility index (Phi) is 3.97. The zero-order chi connectivity index (χ0) is 11.4. The van der Waals surface area contributed by atoms with Crippen LogP contribution in [-0.4, -0.2) is 24.2 Å². The van der Waals surface area contributed by atoms with Crippen molar-refractivity contribution in [1.82, 2.24) is 0 Å². The third-order valence-corrected chi connectivity index (χ3v) is 2.69. The van der Waals surface area contributed by atoms with Crippen LogP contribution in [0.25, 0.3) is 0 Å². The molecule has 15 heavy (non-hydrogen) atoms. The predicted molar refractivity (Wildman–Crippen MR) is 61.6 cm³/mol. The molecule has 0 aliphatic carbocycles. The molecule has 0 bridgehead atoms. The smallest absolute Gasteiger partial charge is 0.326 e. The van der Waals surface area contributed by atoms with Crippen molar-refractivity contribution in [2.45, 2.75) is 19.4 Å². The second-order valence-corrected chi connectivity index (χ2v) is 3.73. The summed E-state index contributed by atoms with van der Waals surface area (Å²) in [6, 6.07) is 6.69. The van der Waals surface area contributed by atoms with Crippen molar-refractivity contribution in [3.8, 4) is 0 Å². The van der Waals surface area contributed by atoms with Gasteiger partial charge >= 0.3 is 5.97 Å². The number of carboxylic acids is 1. The Bertz CT molecular complexity index is 354. The van der Waals surface area contributed by atoms with Crippen molar-refractivity contribution in [2.24, 2.45) is 0 Å². The number of rotatable bonds is 4. The second-order valence-electron chi connectivity index (χ2n) is 3.32. The lowest BCUT2D eigenvalue weighted by atomic mass is 10.2. The zero-order valence-corrected chi connectivity index (χ0v) is 9.53. The lowest BCUT2D eigenvalue weighted by molar-refractivity contribution is -0.138. The van der Waals surface area contributed by atoms with Gasteiger partial charge in [0.25, 0.3) is 0 Å². The molecule has 1 N–H and O–H groups in total. The topological polar surface area (TPSA) is 40.5 Å². The molecule has 4 heteroatoms. The number of carboxylic acid groups (broad SMARTS) is 1. The third kappa shape index (κ3) is 2.63. The molecule has 0 spiro atoms. The molecule has 0 aliphatic heterocycles. The van der Waals surface area contributed by atoms with Crippen molar-refractivity contribution < 1.29 is 9.90 Å². The molecule has 0 amide bonds. The standard InChI is InChI=1S/C11H14ClNO2/c1-3-9(11(14)15)13(2)10-7-5-4-6-8(10)12/h4-7,9H,3H2,1-2H3,(H,14,15). The molecular weight excluding hydrogens is 214 g/mol. The molecule has 1 atom stereocenters. The molecule has 0 saturated carbocycles. The lowest BCUT2D eigenvalue weighted by Gasteiger charge is -2.26.